The maximum Gasteiger partial charge on any atom is 0.0547 e. The molecule has 0 radical (unpaired) electrons. The Kier molecular flexibility index (Phi) is 4.22. The van der Waals surface area contributed by atoms with Crippen LogP contribution < -0.4 is 5.32 Å². The maximum absolute atomic E-state index is 5.61. The lowest BCUT2D eigenvalue weighted by Gasteiger charge is -2.32. The summed E-state index contributed by atoms with van der Waals surface area (Å²) in [5.41, 5.74) is 0.375. The summed E-state index contributed by atoms with van der Waals surface area (Å²) in [6.07, 6.45) is 4.11. The van der Waals surface area contributed by atoms with Gasteiger partial charge >= 0.3 is 0 Å². The molecule has 3 nitrogen and oxygen atoms in total. The third-order valence-electron chi connectivity index (χ3n) is 3.81. The van der Waals surface area contributed by atoms with Crippen molar-refractivity contribution in [3.8, 4) is 0 Å². The molecule has 1 saturated heterocycles. The largest absolute Gasteiger partial charge is 0.381 e. The Morgan fingerprint density at radius 3 is 2.81 bits per heavy atom. The Bertz CT molecular complexity index is 210. The summed E-state index contributed by atoms with van der Waals surface area (Å²) in [6, 6.07) is 0. The quantitative estimate of drug-likeness (QED) is 0.709. The molecule has 0 spiro atoms. The highest BCUT2D eigenvalue weighted by atomic mass is 16.5. The fourth-order valence-corrected chi connectivity index (χ4v) is 2.74. The van der Waals surface area contributed by atoms with Crippen LogP contribution in [0.4, 0.5) is 0 Å². The molecule has 1 saturated carbocycles. The average Bonchev–Trinajstić information content (AvgIpc) is 2.94. The Labute approximate surface area is 99.5 Å². The third-order valence-corrected chi connectivity index (χ3v) is 3.81. The van der Waals surface area contributed by atoms with Gasteiger partial charge in [0.15, 0.2) is 0 Å². The van der Waals surface area contributed by atoms with Gasteiger partial charge in [-0.25, -0.2) is 0 Å². The SMILES string of the molecule is CCNCC1(CN(C)CC2CC2)CCOC1. The topological polar surface area (TPSA) is 24.5 Å². The smallest absolute Gasteiger partial charge is 0.0547 e. The van der Waals surface area contributed by atoms with Gasteiger partial charge in [-0.05, 0) is 38.8 Å². The van der Waals surface area contributed by atoms with Gasteiger partial charge in [0, 0.05) is 31.7 Å². The molecule has 1 atom stereocenters. The second kappa shape index (κ2) is 5.48. The molecular weight excluding hydrogens is 200 g/mol. The molecule has 1 heterocycles. The van der Waals surface area contributed by atoms with Gasteiger partial charge in [-0.15, -0.1) is 0 Å². The average molecular weight is 226 g/mol. The molecule has 0 bridgehead atoms. The summed E-state index contributed by atoms with van der Waals surface area (Å²) in [5, 5.41) is 3.50. The molecule has 1 N–H and O–H groups in total. The van der Waals surface area contributed by atoms with Gasteiger partial charge in [-0.3, -0.25) is 0 Å². The summed E-state index contributed by atoms with van der Waals surface area (Å²) in [6.45, 7) is 8.71. The molecule has 0 aromatic heterocycles. The minimum absolute atomic E-state index is 0.375. The van der Waals surface area contributed by atoms with E-state index in [1.54, 1.807) is 0 Å². The molecule has 2 fully saturated rings. The number of nitrogens with zero attached hydrogens (tertiary/aromatic N) is 1. The molecule has 1 aliphatic carbocycles. The summed E-state index contributed by atoms with van der Waals surface area (Å²) < 4.78 is 5.61. The van der Waals surface area contributed by atoms with Crippen molar-refractivity contribution in [1.82, 2.24) is 10.2 Å². The van der Waals surface area contributed by atoms with Gasteiger partial charge in [-0.2, -0.15) is 0 Å². The first-order valence-electron chi connectivity index (χ1n) is 6.71. The van der Waals surface area contributed by atoms with Gasteiger partial charge in [0.1, 0.15) is 0 Å². The zero-order valence-corrected chi connectivity index (χ0v) is 10.8. The van der Waals surface area contributed by atoms with Crippen LogP contribution in [0.25, 0.3) is 0 Å². The van der Waals surface area contributed by atoms with Crippen molar-refractivity contribution in [2.45, 2.75) is 26.2 Å². The first kappa shape index (κ1) is 12.3. The molecule has 0 amide bonds. The summed E-state index contributed by atoms with van der Waals surface area (Å²) >= 11 is 0. The van der Waals surface area contributed by atoms with Crippen molar-refractivity contribution in [1.29, 1.82) is 0 Å². The molecule has 2 aliphatic rings. The minimum atomic E-state index is 0.375. The summed E-state index contributed by atoms with van der Waals surface area (Å²) in [7, 11) is 2.27. The fourth-order valence-electron chi connectivity index (χ4n) is 2.74. The molecule has 94 valence electrons. The van der Waals surface area contributed by atoms with Crippen LogP contribution in [0.1, 0.15) is 26.2 Å². The van der Waals surface area contributed by atoms with Gasteiger partial charge in [0.25, 0.3) is 0 Å². The van der Waals surface area contributed by atoms with E-state index in [0.29, 0.717) is 5.41 Å². The van der Waals surface area contributed by atoms with Crippen molar-refractivity contribution in [3.05, 3.63) is 0 Å². The fraction of sp³-hybridized carbons (Fsp3) is 1.00. The van der Waals surface area contributed by atoms with Crippen LogP contribution in [-0.2, 0) is 4.74 Å². The molecule has 16 heavy (non-hydrogen) atoms. The van der Waals surface area contributed by atoms with Gasteiger partial charge < -0.3 is 15.0 Å². The minimum Gasteiger partial charge on any atom is -0.381 e. The van der Waals surface area contributed by atoms with Gasteiger partial charge in [-0.1, -0.05) is 6.92 Å². The van der Waals surface area contributed by atoms with Crippen LogP contribution in [0.3, 0.4) is 0 Å². The van der Waals surface area contributed by atoms with Crippen molar-refractivity contribution in [2.24, 2.45) is 11.3 Å². The molecular formula is C13H26N2O. The Morgan fingerprint density at radius 2 is 2.25 bits per heavy atom. The standard InChI is InChI=1S/C13H26N2O/c1-3-14-9-13(6-7-16-11-13)10-15(2)8-12-4-5-12/h12,14H,3-11H2,1-2H3. The van der Waals surface area contributed by atoms with E-state index in [0.717, 1.165) is 32.2 Å². The Morgan fingerprint density at radius 1 is 1.44 bits per heavy atom. The maximum atomic E-state index is 5.61. The number of hydrogen-bond donors (Lipinski definition) is 1. The van der Waals surface area contributed by atoms with E-state index >= 15 is 0 Å². The molecule has 0 aromatic carbocycles. The Hall–Kier alpha value is -0.120. The van der Waals surface area contributed by atoms with E-state index in [9.17, 15) is 0 Å². The van der Waals surface area contributed by atoms with Crippen LogP contribution in [-0.4, -0.2) is 51.3 Å². The predicted molar refractivity (Wildman–Crippen MR) is 66.6 cm³/mol. The lowest BCUT2D eigenvalue weighted by Crippen LogP contribution is -2.44. The predicted octanol–water partition coefficient (Wildman–Crippen LogP) is 1.34. The van der Waals surface area contributed by atoms with E-state index < -0.39 is 0 Å². The molecule has 1 aliphatic heterocycles. The summed E-state index contributed by atoms with van der Waals surface area (Å²) in [5.74, 6) is 0.989. The molecule has 0 aromatic rings. The molecule has 1 unspecified atom stereocenters. The van der Waals surface area contributed by atoms with Gasteiger partial charge in [0.05, 0.1) is 6.61 Å². The third kappa shape index (κ3) is 3.44. The highest BCUT2D eigenvalue weighted by Crippen LogP contribution is 2.32. The van der Waals surface area contributed by atoms with E-state index in [4.69, 9.17) is 4.74 Å². The van der Waals surface area contributed by atoms with E-state index in [2.05, 4.69) is 24.2 Å². The highest BCUT2D eigenvalue weighted by molar-refractivity contribution is 4.89. The van der Waals surface area contributed by atoms with Crippen molar-refractivity contribution in [2.75, 3.05) is 46.4 Å². The highest BCUT2D eigenvalue weighted by Gasteiger charge is 2.36. The first-order chi connectivity index (χ1) is 7.74. The van der Waals surface area contributed by atoms with Crippen LogP contribution in [0.15, 0.2) is 0 Å². The molecule has 3 heteroatoms. The second-order valence-electron chi connectivity index (χ2n) is 5.72. The first-order valence-corrected chi connectivity index (χ1v) is 6.71. The van der Waals surface area contributed by atoms with Crippen LogP contribution in [0.2, 0.25) is 0 Å². The summed E-state index contributed by atoms with van der Waals surface area (Å²) in [4.78, 5) is 2.52. The number of ether oxygens (including phenoxy) is 1. The lowest BCUT2D eigenvalue weighted by molar-refractivity contribution is 0.117. The lowest BCUT2D eigenvalue weighted by atomic mass is 9.86. The zero-order valence-electron chi connectivity index (χ0n) is 10.8. The van der Waals surface area contributed by atoms with Crippen molar-refractivity contribution in [3.63, 3.8) is 0 Å². The second-order valence-corrected chi connectivity index (χ2v) is 5.72. The monoisotopic (exact) mass is 226 g/mol. The van der Waals surface area contributed by atoms with Crippen LogP contribution in [0.5, 0.6) is 0 Å². The van der Waals surface area contributed by atoms with E-state index in [1.807, 2.05) is 0 Å². The number of rotatable bonds is 7. The zero-order chi connectivity index (χ0) is 11.4. The van der Waals surface area contributed by atoms with Crippen LogP contribution in [0, 0.1) is 11.3 Å². The van der Waals surface area contributed by atoms with Crippen LogP contribution >= 0.6 is 0 Å². The number of nitrogens with one attached hydrogen (secondary N) is 1. The van der Waals surface area contributed by atoms with Crippen molar-refractivity contribution < 1.29 is 4.74 Å². The molecule has 2 rings (SSSR count). The normalized spacial score (nSPS) is 30.2. The van der Waals surface area contributed by atoms with Gasteiger partial charge in [0.2, 0.25) is 0 Å². The van der Waals surface area contributed by atoms with Crippen molar-refractivity contribution >= 4 is 0 Å². The van der Waals surface area contributed by atoms with E-state index in [-0.39, 0.29) is 0 Å². The van der Waals surface area contributed by atoms with E-state index in [1.165, 1.54) is 32.4 Å². The number of hydrogen-bond acceptors (Lipinski definition) is 3. The Balaban J connectivity index is 1.80.